The Hall–Kier alpha value is -1.85. The minimum Gasteiger partial charge on any atom is -0.370 e. The van der Waals surface area contributed by atoms with Crippen LogP contribution in [0.2, 0.25) is 0 Å². The first kappa shape index (κ1) is 15.2. The third-order valence-corrected chi connectivity index (χ3v) is 2.66. The molecule has 0 aliphatic carbocycles. The van der Waals surface area contributed by atoms with Crippen LogP contribution >= 0.6 is 0 Å². The van der Waals surface area contributed by atoms with E-state index in [4.69, 9.17) is 0 Å². The molecule has 1 rings (SSSR count). The van der Waals surface area contributed by atoms with Crippen LogP contribution in [0.1, 0.15) is 32.8 Å². The molecule has 0 saturated carbocycles. The van der Waals surface area contributed by atoms with E-state index in [-0.39, 0.29) is 5.91 Å². The summed E-state index contributed by atoms with van der Waals surface area (Å²) in [5, 5.41) is 9.18. The monoisotopic (exact) mass is 265 g/mol. The SMILES string of the molecule is CCNC(=O)CCNc1ncnc(NCC)c1CC. The van der Waals surface area contributed by atoms with Crippen LogP contribution in [0.15, 0.2) is 6.33 Å². The van der Waals surface area contributed by atoms with Crippen molar-refractivity contribution >= 4 is 17.5 Å². The van der Waals surface area contributed by atoms with Gasteiger partial charge in [-0.2, -0.15) is 0 Å². The number of carbonyl (C=O) groups is 1. The number of hydrogen-bond donors (Lipinski definition) is 3. The molecule has 0 fully saturated rings. The lowest BCUT2D eigenvalue weighted by atomic mass is 10.2. The summed E-state index contributed by atoms with van der Waals surface area (Å²) in [6.45, 7) is 8.06. The highest BCUT2D eigenvalue weighted by Gasteiger charge is 2.09. The van der Waals surface area contributed by atoms with Gasteiger partial charge in [0.05, 0.1) is 0 Å². The van der Waals surface area contributed by atoms with E-state index < -0.39 is 0 Å². The van der Waals surface area contributed by atoms with Crippen molar-refractivity contribution in [1.82, 2.24) is 15.3 Å². The zero-order valence-electron chi connectivity index (χ0n) is 11.9. The summed E-state index contributed by atoms with van der Waals surface area (Å²) in [5.74, 6) is 1.72. The van der Waals surface area contributed by atoms with Gasteiger partial charge in [-0.05, 0) is 20.3 Å². The van der Waals surface area contributed by atoms with Crippen LogP contribution in [0, 0.1) is 0 Å². The molecule has 0 radical (unpaired) electrons. The van der Waals surface area contributed by atoms with Crippen LogP contribution in [0.25, 0.3) is 0 Å². The number of nitrogens with zero attached hydrogens (tertiary/aromatic N) is 2. The molecule has 0 atom stereocenters. The standard InChI is InChI=1S/C13H23N5O/c1-4-10-12(15-6-3)17-9-18-13(10)16-8-7-11(19)14-5-2/h9H,4-8H2,1-3H3,(H,14,19)(H2,15,16,17,18). The van der Waals surface area contributed by atoms with Gasteiger partial charge in [-0.3, -0.25) is 4.79 Å². The molecule has 19 heavy (non-hydrogen) atoms. The molecule has 0 spiro atoms. The number of amides is 1. The normalized spacial score (nSPS) is 10.1. The number of hydrogen-bond acceptors (Lipinski definition) is 5. The van der Waals surface area contributed by atoms with Crippen LogP contribution in [-0.4, -0.2) is 35.5 Å². The predicted molar refractivity (Wildman–Crippen MR) is 77.4 cm³/mol. The fourth-order valence-corrected chi connectivity index (χ4v) is 1.80. The van der Waals surface area contributed by atoms with Gasteiger partial charge in [0, 0.05) is 31.6 Å². The Kier molecular flexibility index (Phi) is 6.63. The Morgan fingerprint density at radius 3 is 2.37 bits per heavy atom. The number of nitrogens with one attached hydrogen (secondary N) is 3. The van der Waals surface area contributed by atoms with E-state index in [1.54, 1.807) is 0 Å². The van der Waals surface area contributed by atoms with Crippen molar-refractivity contribution in [2.24, 2.45) is 0 Å². The number of aromatic nitrogens is 2. The first-order valence-electron chi connectivity index (χ1n) is 6.81. The van der Waals surface area contributed by atoms with Crippen molar-refractivity contribution in [3.63, 3.8) is 0 Å². The third-order valence-electron chi connectivity index (χ3n) is 2.66. The molecular weight excluding hydrogens is 242 g/mol. The smallest absolute Gasteiger partial charge is 0.221 e. The largest absolute Gasteiger partial charge is 0.370 e. The van der Waals surface area contributed by atoms with Gasteiger partial charge in [0.2, 0.25) is 5.91 Å². The van der Waals surface area contributed by atoms with E-state index in [0.717, 1.165) is 30.2 Å². The summed E-state index contributed by atoms with van der Waals surface area (Å²) < 4.78 is 0. The van der Waals surface area contributed by atoms with Gasteiger partial charge >= 0.3 is 0 Å². The molecule has 0 aliphatic heterocycles. The second kappa shape index (κ2) is 8.29. The molecule has 0 aliphatic rings. The van der Waals surface area contributed by atoms with Gasteiger partial charge in [-0.25, -0.2) is 9.97 Å². The van der Waals surface area contributed by atoms with Crippen LogP contribution in [0.3, 0.4) is 0 Å². The number of rotatable bonds is 8. The maximum Gasteiger partial charge on any atom is 0.221 e. The van der Waals surface area contributed by atoms with Crippen LogP contribution in [0.5, 0.6) is 0 Å². The molecule has 0 bridgehead atoms. The fraction of sp³-hybridized carbons (Fsp3) is 0.615. The van der Waals surface area contributed by atoms with Gasteiger partial charge in [-0.15, -0.1) is 0 Å². The first-order valence-corrected chi connectivity index (χ1v) is 6.81. The van der Waals surface area contributed by atoms with Crippen molar-refractivity contribution in [3.8, 4) is 0 Å². The highest BCUT2D eigenvalue weighted by molar-refractivity contribution is 5.76. The van der Waals surface area contributed by atoms with E-state index in [1.165, 1.54) is 6.33 Å². The van der Waals surface area contributed by atoms with Crippen LogP contribution < -0.4 is 16.0 Å². The highest BCUT2D eigenvalue weighted by Crippen LogP contribution is 2.19. The quantitative estimate of drug-likeness (QED) is 0.662. The molecule has 1 heterocycles. The Labute approximate surface area is 114 Å². The van der Waals surface area contributed by atoms with Gasteiger partial charge in [-0.1, -0.05) is 6.92 Å². The molecule has 0 saturated heterocycles. The van der Waals surface area contributed by atoms with Crippen molar-refractivity contribution in [2.45, 2.75) is 33.6 Å². The van der Waals surface area contributed by atoms with Crippen LogP contribution in [0.4, 0.5) is 11.6 Å². The molecule has 6 heteroatoms. The maximum atomic E-state index is 11.4. The highest BCUT2D eigenvalue weighted by atomic mass is 16.1. The van der Waals surface area contributed by atoms with E-state index in [0.29, 0.717) is 19.5 Å². The van der Waals surface area contributed by atoms with Crippen molar-refractivity contribution in [1.29, 1.82) is 0 Å². The second-order valence-electron chi connectivity index (χ2n) is 4.06. The molecule has 1 aromatic heterocycles. The van der Waals surface area contributed by atoms with Crippen molar-refractivity contribution < 1.29 is 4.79 Å². The summed E-state index contributed by atoms with van der Waals surface area (Å²) in [7, 11) is 0. The van der Waals surface area contributed by atoms with Gasteiger partial charge in [0.15, 0.2) is 0 Å². The molecule has 1 aromatic rings. The Morgan fingerprint density at radius 1 is 1.11 bits per heavy atom. The molecular formula is C13H23N5O. The molecule has 1 amide bonds. The topological polar surface area (TPSA) is 78.9 Å². The van der Waals surface area contributed by atoms with Crippen molar-refractivity contribution in [3.05, 3.63) is 11.9 Å². The Morgan fingerprint density at radius 2 is 1.79 bits per heavy atom. The average Bonchev–Trinajstić information content (AvgIpc) is 2.40. The van der Waals surface area contributed by atoms with Gasteiger partial charge in [0.1, 0.15) is 18.0 Å². The third kappa shape index (κ3) is 4.73. The van der Waals surface area contributed by atoms with E-state index in [2.05, 4.69) is 32.8 Å². The minimum absolute atomic E-state index is 0.0500. The lowest BCUT2D eigenvalue weighted by Crippen LogP contribution is -2.25. The van der Waals surface area contributed by atoms with Gasteiger partial charge in [0.25, 0.3) is 0 Å². The second-order valence-corrected chi connectivity index (χ2v) is 4.06. The number of anilines is 2. The van der Waals surface area contributed by atoms with E-state index in [1.807, 2.05) is 13.8 Å². The Balaban J connectivity index is 2.62. The summed E-state index contributed by atoms with van der Waals surface area (Å²) in [5.41, 5.74) is 1.06. The zero-order valence-corrected chi connectivity index (χ0v) is 11.9. The number of carbonyl (C=O) groups excluding carboxylic acids is 1. The van der Waals surface area contributed by atoms with Crippen molar-refractivity contribution in [2.75, 3.05) is 30.3 Å². The lowest BCUT2D eigenvalue weighted by molar-refractivity contribution is -0.120. The van der Waals surface area contributed by atoms with E-state index >= 15 is 0 Å². The Bertz CT molecular complexity index is 408. The molecule has 6 nitrogen and oxygen atoms in total. The summed E-state index contributed by atoms with van der Waals surface area (Å²) >= 11 is 0. The maximum absolute atomic E-state index is 11.4. The zero-order chi connectivity index (χ0) is 14.1. The lowest BCUT2D eigenvalue weighted by Gasteiger charge is -2.13. The minimum atomic E-state index is 0.0500. The van der Waals surface area contributed by atoms with Gasteiger partial charge < -0.3 is 16.0 Å². The fourth-order valence-electron chi connectivity index (χ4n) is 1.80. The molecule has 0 aromatic carbocycles. The van der Waals surface area contributed by atoms with E-state index in [9.17, 15) is 4.79 Å². The summed E-state index contributed by atoms with van der Waals surface area (Å²) in [6.07, 6.45) is 2.82. The predicted octanol–water partition coefficient (Wildman–Crippen LogP) is 1.41. The average molecular weight is 265 g/mol. The molecule has 106 valence electrons. The van der Waals surface area contributed by atoms with Crippen LogP contribution in [-0.2, 0) is 11.2 Å². The summed E-state index contributed by atoms with van der Waals surface area (Å²) in [4.78, 5) is 19.8. The summed E-state index contributed by atoms with van der Waals surface area (Å²) in [6, 6.07) is 0. The first-order chi connectivity index (χ1) is 9.22. The molecule has 0 unspecified atom stereocenters. The molecule has 3 N–H and O–H groups in total.